The molecule has 2 N–H and O–H groups in total. The Kier molecular flexibility index (Phi) is 4.54. The van der Waals surface area contributed by atoms with Crippen molar-refractivity contribution in [1.82, 2.24) is 0 Å². The monoisotopic (exact) mass is 174 g/mol. The Morgan fingerprint density at radius 1 is 1.67 bits per heavy atom. The number of rotatable bonds is 5. The van der Waals surface area contributed by atoms with Gasteiger partial charge in [0.05, 0.1) is 13.2 Å². The maximum Gasteiger partial charge on any atom is 0.337 e. The zero-order valence-corrected chi connectivity index (χ0v) is 7.28. The zero-order chi connectivity index (χ0) is 9.61. The van der Waals surface area contributed by atoms with Crippen LogP contribution >= 0.6 is 0 Å². The summed E-state index contributed by atoms with van der Waals surface area (Å²) in [5.74, 6) is -1.28. The van der Waals surface area contributed by atoms with Gasteiger partial charge >= 0.3 is 5.97 Å². The second-order valence-corrected chi connectivity index (χ2v) is 2.66. The van der Waals surface area contributed by atoms with Gasteiger partial charge in [0.15, 0.2) is 5.60 Å². The lowest BCUT2D eigenvalue weighted by atomic mass is 10.1. The van der Waals surface area contributed by atoms with Crippen molar-refractivity contribution < 1.29 is 19.7 Å². The van der Waals surface area contributed by atoms with E-state index in [1.54, 1.807) is 12.2 Å². The molecule has 4 nitrogen and oxygen atoms in total. The fourth-order valence-corrected chi connectivity index (χ4v) is 0.484. The van der Waals surface area contributed by atoms with Crippen LogP contribution in [0.4, 0.5) is 0 Å². The molecule has 0 saturated carbocycles. The van der Waals surface area contributed by atoms with E-state index < -0.39 is 11.6 Å². The molecule has 0 saturated heterocycles. The molecule has 12 heavy (non-hydrogen) atoms. The number of aliphatic carboxylic acids is 1. The Hall–Kier alpha value is -0.870. The number of hydrogen-bond donors (Lipinski definition) is 2. The first kappa shape index (κ1) is 11.1. The Bertz CT molecular complexity index is 172. The van der Waals surface area contributed by atoms with E-state index in [4.69, 9.17) is 14.9 Å². The van der Waals surface area contributed by atoms with Crippen LogP contribution in [0.5, 0.6) is 0 Å². The molecule has 0 amide bonds. The molecule has 0 aliphatic rings. The Labute approximate surface area is 71.5 Å². The van der Waals surface area contributed by atoms with Crippen LogP contribution in [0.25, 0.3) is 0 Å². The number of hydrogen-bond acceptors (Lipinski definition) is 3. The van der Waals surface area contributed by atoms with E-state index >= 15 is 0 Å². The third-order valence-electron chi connectivity index (χ3n) is 1.29. The molecule has 0 fully saturated rings. The van der Waals surface area contributed by atoms with E-state index in [0.29, 0.717) is 6.61 Å². The molecule has 0 rings (SSSR count). The van der Waals surface area contributed by atoms with Gasteiger partial charge in [-0.05, 0) is 13.8 Å². The molecule has 0 heterocycles. The van der Waals surface area contributed by atoms with E-state index in [1.807, 2.05) is 6.92 Å². The molecule has 0 aromatic rings. The third-order valence-corrected chi connectivity index (χ3v) is 1.29. The van der Waals surface area contributed by atoms with E-state index in [-0.39, 0.29) is 6.61 Å². The second-order valence-electron chi connectivity index (χ2n) is 2.66. The van der Waals surface area contributed by atoms with Crippen molar-refractivity contribution in [2.24, 2.45) is 0 Å². The maximum absolute atomic E-state index is 10.3. The van der Waals surface area contributed by atoms with Crippen LogP contribution in [0.3, 0.4) is 0 Å². The van der Waals surface area contributed by atoms with Crippen LogP contribution in [0.15, 0.2) is 12.2 Å². The summed E-state index contributed by atoms with van der Waals surface area (Å²) >= 11 is 0. The highest BCUT2D eigenvalue weighted by Crippen LogP contribution is 2.03. The zero-order valence-electron chi connectivity index (χ0n) is 7.28. The normalized spacial score (nSPS) is 16.2. The van der Waals surface area contributed by atoms with Gasteiger partial charge in [0.2, 0.25) is 0 Å². The van der Waals surface area contributed by atoms with E-state index in [1.165, 1.54) is 6.92 Å². The molecule has 0 radical (unpaired) electrons. The number of aliphatic hydroxyl groups is 1. The van der Waals surface area contributed by atoms with E-state index in [0.717, 1.165) is 0 Å². The highest BCUT2D eigenvalue weighted by atomic mass is 16.5. The molecule has 4 heteroatoms. The molecular weight excluding hydrogens is 160 g/mol. The number of carboxylic acids is 1. The van der Waals surface area contributed by atoms with Crippen LogP contribution in [0.1, 0.15) is 13.8 Å². The van der Waals surface area contributed by atoms with E-state index in [2.05, 4.69) is 0 Å². The topological polar surface area (TPSA) is 66.8 Å². The van der Waals surface area contributed by atoms with Crippen LogP contribution in [0.2, 0.25) is 0 Å². The second kappa shape index (κ2) is 4.90. The Balaban J connectivity index is 3.69. The lowest BCUT2D eigenvalue weighted by Crippen LogP contribution is -2.39. The van der Waals surface area contributed by atoms with Gasteiger partial charge in [0, 0.05) is 0 Å². The van der Waals surface area contributed by atoms with Gasteiger partial charge in [-0.1, -0.05) is 12.2 Å². The van der Waals surface area contributed by atoms with Gasteiger partial charge in [-0.15, -0.1) is 0 Å². The standard InChI is InChI=1S/C8H14O4/c1-3-4-5-12-6-8(2,11)7(9)10/h3-4,11H,5-6H2,1-2H3,(H,9,10). The molecule has 1 atom stereocenters. The minimum absolute atomic E-state index is 0.202. The predicted octanol–water partition coefficient (Wildman–Crippen LogP) is 0.415. The van der Waals surface area contributed by atoms with Gasteiger partial charge in [-0.3, -0.25) is 0 Å². The molecule has 0 spiro atoms. The van der Waals surface area contributed by atoms with Crippen LogP contribution in [-0.4, -0.2) is 35.0 Å². The predicted molar refractivity (Wildman–Crippen MR) is 43.9 cm³/mol. The number of carboxylic acid groups (broad SMARTS) is 1. The van der Waals surface area contributed by atoms with Crippen molar-refractivity contribution in [3.63, 3.8) is 0 Å². The van der Waals surface area contributed by atoms with Gasteiger partial charge in [0.1, 0.15) is 0 Å². The lowest BCUT2D eigenvalue weighted by molar-refractivity contribution is -0.162. The summed E-state index contributed by atoms with van der Waals surface area (Å²) < 4.78 is 4.88. The van der Waals surface area contributed by atoms with Crippen molar-refractivity contribution in [2.75, 3.05) is 13.2 Å². The third kappa shape index (κ3) is 4.10. The molecule has 70 valence electrons. The quantitative estimate of drug-likeness (QED) is 0.468. The molecule has 1 unspecified atom stereocenters. The molecule has 0 bridgehead atoms. The first-order valence-corrected chi connectivity index (χ1v) is 3.65. The number of allylic oxidation sites excluding steroid dienone is 1. The van der Waals surface area contributed by atoms with Crippen molar-refractivity contribution in [3.8, 4) is 0 Å². The summed E-state index contributed by atoms with van der Waals surface area (Å²) in [5.41, 5.74) is -1.79. The average Bonchev–Trinajstić information content (AvgIpc) is 1.98. The van der Waals surface area contributed by atoms with Crippen molar-refractivity contribution in [3.05, 3.63) is 12.2 Å². The molecule has 0 aliphatic heterocycles. The molecule has 0 aromatic heterocycles. The molecule has 0 aliphatic carbocycles. The first-order chi connectivity index (χ1) is 5.50. The largest absolute Gasteiger partial charge is 0.479 e. The summed E-state index contributed by atoms with van der Waals surface area (Å²) in [4.78, 5) is 10.3. The summed E-state index contributed by atoms with van der Waals surface area (Å²) in [6.07, 6.45) is 3.52. The fraction of sp³-hybridized carbons (Fsp3) is 0.625. The average molecular weight is 174 g/mol. The van der Waals surface area contributed by atoms with Gasteiger partial charge in [-0.25, -0.2) is 4.79 Å². The highest BCUT2D eigenvalue weighted by molar-refractivity contribution is 5.76. The van der Waals surface area contributed by atoms with E-state index in [9.17, 15) is 4.79 Å². The van der Waals surface area contributed by atoms with Crippen molar-refractivity contribution in [1.29, 1.82) is 0 Å². The SMILES string of the molecule is CC=CCOCC(C)(O)C(=O)O. The summed E-state index contributed by atoms with van der Waals surface area (Å²) in [7, 11) is 0. The summed E-state index contributed by atoms with van der Waals surface area (Å²) in [6, 6.07) is 0. The Morgan fingerprint density at radius 2 is 2.25 bits per heavy atom. The van der Waals surface area contributed by atoms with Crippen LogP contribution < -0.4 is 0 Å². The number of carbonyl (C=O) groups is 1. The molecule has 0 aromatic carbocycles. The maximum atomic E-state index is 10.3. The Morgan fingerprint density at radius 3 is 2.67 bits per heavy atom. The van der Waals surface area contributed by atoms with Gasteiger partial charge < -0.3 is 14.9 Å². The van der Waals surface area contributed by atoms with Gasteiger partial charge in [0.25, 0.3) is 0 Å². The van der Waals surface area contributed by atoms with Crippen LogP contribution in [0, 0.1) is 0 Å². The lowest BCUT2D eigenvalue weighted by Gasteiger charge is -2.16. The fourth-order valence-electron chi connectivity index (χ4n) is 0.484. The van der Waals surface area contributed by atoms with Crippen molar-refractivity contribution >= 4 is 5.97 Å². The minimum atomic E-state index is -1.79. The van der Waals surface area contributed by atoms with Gasteiger partial charge in [-0.2, -0.15) is 0 Å². The van der Waals surface area contributed by atoms with Crippen LogP contribution in [-0.2, 0) is 9.53 Å². The molecular formula is C8H14O4. The summed E-state index contributed by atoms with van der Waals surface area (Å²) in [6.45, 7) is 3.15. The smallest absolute Gasteiger partial charge is 0.337 e. The summed E-state index contributed by atoms with van der Waals surface area (Å²) in [5, 5.41) is 17.6. The highest BCUT2D eigenvalue weighted by Gasteiger charge is 2.29. The first-order valence-electron chi connectivity index (χ1n) is 3.65. The minimum Gasteiger partial charge on any atom is -0.479 e. The van der Waals surface area contributed by atoms with Crippen molar-refractivity contribution in [2.45, 2.75) is 19.4 Å². The number of ether oxygens (including phenoxy) is 1.